The fraction of sp³-hybridized carbons (Fsp3) is 0.500. The maximum atomic E-state index is 11.7. The summed E-state index contributed by atoms with van der Waals surface area (Å²) in [5.74, 6) is 0. The molecule has 0 radical (unpaired) electrons. The molecule has 1 aliphatic carbocycles. The molecule has 0 unspecified atom stereocenters. The molecule has 0 fully saturated rings. The third-order valence-electron chi connectivity index (χ3n) is 3.06. The summed E-state index contributed by atoms with van der Waals surface area (Å²) in [6.45, 7) is 3.71. The summed E-state index contributed by atoms with van der Waals surface area (Å²) >= 11 is 2.41. The molecular weight excluding hydrogens is 341 g/mol. The summed E-state index contributed by atoms with van der Waals surface area (Å²) in [6.07, 6.45) is 1.76. The lowest BCUT2D eigenvalue weighted by Crippen LogP contribution is -2.38. The zero-order chi connectivity index (χ0) is 13.1. The lowest BCUT2D eigenvalue weighted by Gasteiger charge is -2.30. The molecule has 2 rings (SSSR count). The molecule has 0 spiro atoms. The zero-order valence-electron chi connectivity index (χ0n) is 10.7. The molecule has 0 saturated heterocycles. The van der Waals surface area contributed by atoms with E-state index in [0.29, 0.717) is 3.92 Å². The van der Waals surface area contributed by atoms with E-state index in [9.17, 15) is 4.79 Å². The summed E-state index contributed by atoms with van der Waals surface area (Å²) in [5, 5.41) is 2.99. The molecule has 98 valence electrons. The van der Waals surface area contributed by atoms with Crippen LogP contribution in [0, 0.1) is 0 Å². The molecule has 0 aromatic heterocycles. The third kappa shape index (κ3) is 3.16. The normalized spacial score (nSPS) is 22.4. The molecule has 1 amide bonds. The van der Waals surface area contributed by atoms with Crippen LogP contribution in [-0.2, 0) is 11.2 Å². The molecule has 2 atom stereocenters. The predicted octanol–water partition coefficient (Wildman–Crippen LogP) is 3.61. The zero-order valence-corrected chi connectivity index (χ0v) is 12.8. The average Bonchev–Trinajstić information content (AvgIpc) is 2.32. The first kappa shape index (κ1) is 13.6. The molecule has 1 N–H and O–H groups in total. The number of aryl methyl sites for hydroxylation is 1. The van der Waals surface area contributed by atoms with Crippen LogP contribution in [0.3, 0.4) is 0 Å². The van der Waals surface area contributed by atoms with Crippen molar-refractivity contribution in [2.75, 3.05) is 0 Å². The summed E-state index contributed by atoms with van der Waals surface area (Å²) < 4.78 is 5.58. The van der Waals surface area contributed by atoms with E-state index in [1.165, 1.54) is 11.1 Å². The Kier molecular flexibility index (Phi) is 4.48. The Morgan fingerprint density at radius 2 is 2.17 bits per heavy atom. The number of carbonyl (C=O) groups excluding carboxylic acids is 1. The van der Waals surface area contributed by atoms with E-state index in [0.717, 1.165) is 12.8 Å². The molecular formula is C14H18INO2. The molecule has 1 aliphatic rings. The second-order valence-electron chi connectivity index (χ2n) is 4.83. The van der Waals surface area contributed by atoms with Crippen LogP contribution in [0.2, 0.25) is 0 Å². The number of alkyl carbamates (subject to hydrolysis) is 1. The number of alkyl halides is 1. The van der Waals surface area contributed by atoms with Gasteiger partial charge in [-0.05, 0) is 37.8 Å². The number of benzene rings is 1. The van der Waals surface area contributed by atoms with Crippen molar-refractivity contribution in [2.45, 2.75) is 42.8 Å². The first-order chi connectivity index (χ1) is 8.58. The lowest BCUT2D eigenvalue weighted by atomic mass is 9.88. The standard InChI is InChI=1S/C14H18INO2/c1-9(2)18-14(17)16-13-11-6-4-3-5-10(11)7-8-12(13)15/h3-6,9,12-13H,7-8H2,1-2H3,(H,16,17)/t12-,13+/m1/s1. The number of hydrogen-bond donors (Lipinski definition) is 1. The number of hydrogen-bond acceptors (Lipinski definition) is 2. The summed E-state index contributed by atoms with van der Waals surface area (Å²) in [4.78, 5) is 11.7. The van der Waals surface area contributed by atoms with Gasteiger partial charge in [-0.3, -0.25) is 0 Å². The first-order valence-corrected chi connectivity index (χ1v) is 7.51. The van der Waals surface area contributed by atoms with Crippen molar-refractivity contribution in [3.05, 3.63) is 35.4 Å². The predicted molar refractivity (Wildman–Crippen MR) is 80.1 cm³/mol. The van der Waals surface area contributed by atoms with Crippen molar-refractivity contribution in [1.29, 1.82) is 0 Å². The van der Waals surface area contributed by atoms with Gasteiger partial charge in [-0.1, -0.05) is 46.9 Å². The number of halogens is 1. The molecule has 1 aromatic carbocycles. The molecule has 0 bridgehead atoms. The number of rotatable bonds is 2. The second kappa shape index (κ2) is 5.91. The minimum absolute atomic E-state index is 0.0572. The van der Waals surface area contributed by atoms with Crippen LogP contribution in [-0.4, -0.2) is 16.1 Å². The van der Waals surface area contributed by atoms with Crippen molar-refractivity contribution in [1.82, 2.24) is 5.32 Å². The molecule has 0 saturated carbocycles. The highest BCUT2D eigenvalue weighted by molar-refractivity contribution is 14.1. The van der Waals surface area contributed by atoms with Crippen LogP contribution >= 0.6 is 22.6 Å². The number of carbonyl (C=O) groups is 1. The molecule has 1 aromatic rings. The van der Waals surface area contributed by atoms with Crippen LogP contribution in [0.15, 0.2) is 24.3 Å². The second-order valence-corrected chi connectivity index (χ2v) is 6.43. The highest BCUT2D eigenvalue weighted by atomic mass is 127. The van der Waals surface area contributed by atoms with Crippen molar-refractivity contribution >= 4 is 28.7 Å². The van der Waals surface area contributed by atoms with Gasteiger partial charge in [-0.25, -0.2) is 4.79 Å². The third-order valence-corrected chi connectivity index (χ3v) is 4.40. The van der Waals surface area contributed by atoms with Crippen LogP contribution in [0.25, 0.3) is 0 Å². The molecule has 18 heavy (non-hydrogen) atoms. The van der Waals surface area contributed by atoms with Crippen LogP contribution in [0.5, 0.6) is 0 Å². The Hall–Kier alpha value is -0.780. The summed E-state index contributed by atoms with van der Waals surface area (Å²) in [6, 6.07) is 8.37. The van der Waals surface area contributed by atoms with Gasteiger partial charge >= 0.3 is 6.09 Å². The highest BCUT2D eigenvalue weighted by Crippen LogP contribution is 2.34. The quantitative estimate of drug-likeness (QED) is 0.647. The van der Waals surface area contributed by atoms with E-state index in [-0.39, 0.29) is 18.2 Å². The van der Waals surface area contributed by atoms with Crippen LogP contribution in [0.1, 0.15) is 37.4 Å². The molecule has 0 aliphatic heterocycles. The number of amides is 1. The Labute approximate surface area is 121 Å². The van der Waals surface area contributed by atoms with Gasteiger partial charge in [0, 0.05) is 3.92 Å². The molecule has 3 nitrogen and oxygen atoms in total. The van der Waals surface area contributed by atoms with E-state index in [1.807, 2.05) is 19.9 Å². The Balaban J connectivity index is 2.14. The number of nitrogens with one attached hydrogen (secondary N) is 1. The van der Waals surface area contributed by atoms with E-state index < -0.39 is 0 Å². The number of fused-ring (bicyclic) bond motifs is 1. The molecule has 0 heterocycles. The largest absolute Gasteiger partial charge is 0.447 e. The van der Waals surface area contributed by atoms with Gasteiger partial charge in [-0.15, -0.1) is 0 Å². The van der Waals surface area contributed by atoms with Crippen LogP contribution < -0.4 is 5.32 Å². The fourth-order valence-corrected chi connectivity index (χ4v) is 3.14. The Bertz CT molecular complexity index is 434. The first-order valence-electron chi connectivity index (χ1n) is 6.27. The van der Waals surface area contributed by atoms with Gasteiger partial charge in [0.2, 0.25) is 0 Å². The minimum atomic E-state index is -0.326. The lowest BCUT2D eigenvalue weighted by molar-refractivity contribution is 0.111. The smallest absolute Gasteiger partial charge is 0.407 e. The van der Waals surface area contributed by atoms with E-state index in [1.54, 1.807) is 0 Å². The minimum Gasteiger partial charge on any atom is -0.447 e. The maximum Gasteiger partial charge on any atom is 0.407 e. The van der Waals surface area contributed by atoms with Gasteiger partial charge in [0.1, 0.15) is 0 Å². The number of ether oxygens (including phenoxy) is 1. The van der Waals surface area contributed by atoms with Crippen molar-refractivity contribution in [2.24, 2.45) is 0 Å². The van der Waals surface area contributed by atoms with E-state index in [2.05, 4.69) is 46.1 Å². The van der Waals surface area contributed by atoms with Crippen molar-refractivity contribution < 1.29 is 9.53 Å². The van der Waals surface area contributed by atoms with Gasteiger partial charge in [-0.2, -0.15) is 0 Å². The molecule has 4 heteroatoms. The fourth-order valence-electron chi connectivity index (χ4n) is 2.26. The maximum absolute atomic E-state index is 11.7. The van der Waals surface area contributed by atoms with Gasteiger partial charge in [0.25, 0.3) is 0 Å². The highest BCUT2D eigenvalue weighted by Gasteiger charge is 2.29. The van der Waals surface area contributed by atoms with Gasteiger partial charge in [0.05, 0.1) is 12.1 Å². The van der Waals surface area contributed by atoms with E-state index >= 15 is 0 Å². The van der Waals surface area contributed by atoms with Crippen LogP contribution in [0.4, 0.5) is 4.79 Å². The topological polar surface area (TPSA) is 38.3 Å². The van der Waals surface area contributed by atoms with Crippen molar-refractivity contribution in [3.63, 3.8) is 0 Å². The monoisotopic (exact) mass is 359 g/mol. The van der Waals surface area contributed by atoms with Gasteiger partial charge in [0.15, 0.2) is 0 Å². The van der Waals surface area contributed by atoms with Crippen molar-refractivity contribution in [3.8, 4) is 0 Å². The van der Waals surface area contributed by atoms with E-state index in [4.69, 9.17) is 4.74 Å². The summed E-state index contributed by atoms with van der Waals surface area (Å²) in [7, 11) is 0. The summed E-state index contributed by atoms with van der Waals surface area (Å²) in [5.41, 5.74) is 2.56. The Morgan fingerprint density at radius 3 is 2.89 bits per heavy atom. The average molecular weight is 359 g/mol. The van der Waals surface area contributed by atoms with Gasteiger partial charge < -0.3 is 10.1 Å². The SMILES string of the molecule is CC(C)OC(=O)N[C@H]1c2ccccc2CC[C@H]1I. The Morgan fingerprint density at radius 1 is 1.44 bits per heavy atom.